The van der Waals surface area contributed by atoms with Crippen molar-refractivity contribution in [1.82, 2.24) is 19.7 Å². The normalized spacial score (nSPS) is 14.1. The quantitative estimate of drug-likeness (QED) is 0.625. The van der Waals surface area contributed by atoms with Gasteiger partial charge in [0.25, 0.3) is 5.91 Å². The number of nitrogens with zero attached hydrogens (tertiary/aromatic N) is 5. The van der Waals surface area contributed by atoms with Crippen LogP contribution in [0.2, 0.25) is 0 Å². The molecule has 1 N–H and O–H groups in total. The molecule has 0 radical (unpaired) electrons. The fourth-order valence-electron chi connectivity index (χ4n) is 3.81. The van der Waals surface area contributed by atoms with E-state index in [1.165, 1.54) is 0 Å². The molecule has 0 saturated carbocycles. The van der Waals surface area contributed by atoms with Crippen LogP contribution in [0.3, 0.4) is 0 Å². The van der Waals surface area contributed by atoms with Crippen LogP contribution in [0.25, 0.3) is 10.9 Å². The van der Waals surface area contributed by atoms with E-state index in [2.05, 4.69) is 31.3 Å². The van der Waals surface area contributed by atoms with Crippen LogP contribution in [0.1, 0.15) is 28.7 Å². The number of para-hydroxylation sites is 1. The van der Waals surface area contributed by atoms with Crippen molar-refractivity contribution in [2.24, 2.45) is 0 Å². The fraction of sp³-hybridized carbons (Fsp3) is 0.333. The van der Waals surface area contributed by atoms with E-state index >= 15 is 0 Å². The summed E-state index contributed by atoms with van der Waals surface area (Å²) >= 11 is 3.48. The van der Waals surface area contributed by atoms with E-state index in [-0.39, 0.29) is 11.9 Å². The van der Waals surface area contributed by atoms with Crippen LogP contribution in [-0.4, -0.2) is 51.7 Å². The van der Waals surface area contributed by atoms with Gasteiger partial charge in [-0.2, -0.15) is 5.10 Å². The molecule has 9 heteroatoms. The summed E-state index contributed by atoms with van der Waals surface area (Å²) in [5.41, 5.74) is 4.21. The lowest BCUT2D eigenvalue weighted by Gasteiger charge is -2.21. The van der Waals surface area contributed by atoms with E-state index in [1.807, 2.05) is 39.0 Å². The van der Waals surface area contributed by atoms with Crippen molar-refractivity contribution < 1.29 is 9.59 Å². The molecule has 1 aromatic carbocycles. The van der Waals surface area contributed by atoms with Gasteiger partial charge in [0.2, 0.25) is 0 Å². The molecule has 156 valence electrons. The Morgan fingerprint density at radius 2 is 2.03 bits per heavy atom. The smallest absolute Gasteiger partial charge is 0.324 e. The first kappa shape index (κ1) is 20.3. The molecule has 3 amide bonds. The number of amides is 3. The van der Waals surface area contributed by atoms with E-state index in [9.17, 15) is 9.59 Å². The lowest BCUT2D eigenvalue weighted by molar-refractivity contribution is 0.101. The molecule has 2 aromatic heterocycles. The zero-order chi connectivity index (χ0) is 21.6. The predicted molar refractivity (Wildman–Crippen MR) is 120 cm³/mol. The minimum Gasteiger partial charge on any atom is -0.326 e. The highest BCUT2D eigenvalue weighted by atomic mass is 79.9. The average Bonchev–Trinajstić information content (AvgIpc) is 3.20. The van der Waals surface area contributed by atoms with Crippen molar-refractivity contribution in [2.45, 2.75) is 27.3 Å². The molecule has 1 aliphatic rings. The number of hydrogen-bond acceptors (Lipinski definition) is 4. The number of aromatic nitrogens is 3. The Balaban J connectivity index is 1.78. The maximum atomic E-state index is 13.1. The zero-order valence-corrected chi connectivity index (χ0v) is 18.9. The number of anilines is 2. The van der Waals surface area contributed by atoms with E-state index in [1.54, 1.807) is 27.7 Å². The van der Waals surface area contributed by atoms with E-state index in [0.717, 1.165) is 22.3 Å². The summed E-state index contributed by atoms with van der Waals surface area (Å²) in [7, 11) is 1.80. The van der Waals surface area contributed by atoms with Gasteiger partial charge in [0.1, 0.15) is 5.69 Å². The number of fused-ring (bicyclic) bond motifs is 1. The van der Waals surface area contributed by atoms with Crippen LogP contribution < -0.4 is 10.2 Å². The number of rotatable bonds is 4. The van der Waals surface area contributed by atoms with Crippen molar-refractivity contribution >= 4 is 50.1 Å². The van der Waals surface area contributed by atoms with Crippen molar-refractivity contribution in [3.8, 4) is 0 Å². The molecular formula is C21H23BrN6O2. The molecule has 1 aliphatic heterocycles. The van der Waals surface area contributed by atoms with Gasteiger partial charge in [-0.05, 0) is 48.3 Å². The van der Waals surface area contributed by atoms with Crippen LogP contribution >= 0.6 is 15.9 Å². The molecule has 0 bridgehead atoms. The zero-order valence-electron chi connectivity index (χ0n) is 17.4. The topological polar surface area (TPSA) is 83.4 Å². The van der Waals surface area contributed by atoms with Crippen molar-refractivity contribution in [1.29, 1.82) is 0 Å². The number of halogens is 1. The molecule has 1 fully saturated rings. The van der Waals surface area contributed by atoms with E-state index in [0.29, 0.717) is 41.0 Å². The van der Waals surface area contributed by atoms with Gasteiger partial charge in [-0.1, -0.05) is 12.1 Å². The fourth-order valence-corrected chi connectivity index (χ4v) is 4.27. The summed E-state index contributed by atoms with van der Waals surface area (Å²) in [4.78, 5) is 33.7. The number of hydrogen-bond donors (Lipinski definition) is 1. The summed E-state index contributed by atoms with van der Waals surface area (Å²) in [6.45, 7) is 7.61. The number of benzene rings is 1. The third kappa shape index (κ3) is 3.23. The standard InChI is InChI=1S/C21H23BrN6O2/c1-5-28-19(16(22)13(3)25-28)20(29)24-15-8-6-7-14-17(15)23-11-12(2)18(14)27-10-9-26(4)21(27)30/h6-8,11H,5,9-10H2,1-4H3,(H,24,29). The summed E-state index contributed by atoms with van der Waals surface area (Å²) < 4.78 is 2.35. The largest absolute Gasteiger partial charge is 0.326 e. The number of aryl methyl sites for hydroxylation is 3. The number of carbonyl (C=O) groups excluding carboxylic acids is 2. The minimum absolute atomic E-state index is 0.0358. The van der Waals surface area contributed by atoms with Crippen LogP contribution in [0.4, 0.5) is 16.2 Å². The van der Waals surface area contributed by atoms with Crippen molar-refractivity contribution in [2.75, 3.05) is 30.4 Å². The molecule has 3 heterocycles. The van der Waals surface area contributed by atoms with Gasteiger partial charge < -0.3 is 10.2 Å². The monoisotopic (exact) mass is 470 g/mol. The lowest BCUT2D eigenvalue weighted by atomic mass is 10.1. The maximum Gasteiger partial charge on any atom is 0.324 e. The first-order valence-corrected chi connectivity index (χ1v) is 10.6. The van der Waals surface area contributed by atoms with Gasteiger partial charge in [0.15, 0.2) is 0 Å². The number of carbonyl (C=O) groups is 2. The Kier molecular flexibility index (Phi) is 5.23. The highest BCUT2D eigenvalue weighted by Gasteiger charge is 2.29. The molecule has 3 aromatic rings. The second kappa shape index (κ2) is 7.71. The van der Waals surface area contributed by atoms with Crippen LogP contribution in [0, 0.1) is 13.8 Å². The summed E-state index contributed by atoms with van der Waals surface area (Å²) in [6.07, 6.45) is 1.75. The third-order valence-electron chi connectivity index (χ3n) is 5.36. The molecule has 0 atom stereocenters. The Morgan fingerprint density at radius 3 is 2.70 bits per heavy atom. The molecule has 8 nitrogen and oxygen atoms in total. The third-order valence-corrected chi connectivity index (χ3v) is 6.30. The molecule has 0 spiro atoms. The van der Waals surface area contributed by atoms with Gasteiger partial charge in [-0.25, -0.2) is 4.79 Å². The Bertz CT molecular complexity index is 1170. The first-order valence-electron chi connectivity index (χ1n) is 9.78. The molecule has 30 heavy (non-hydrogen) atoms. The van der Waals surface area contributed by atoms with Gasteiger partial charge >= 0.3 is 6.03 Å². The lowest BCUT2D eigenvalue weighted by Crippen LogP contribution is -2.30. The average molecular weight is 471 g/mol. The van der Waals surface area contributed by atoms with Gasteiger partial charge in [-0.15, -0.1) is 0 Å². The van der Waals surface area contributed by atoms with Crippen LogP contribution in [0.15, 0.2) is 28.9 Å². The minimum atomic E-state index is -0.266. The van der Waals surface area contributed by atoms with E-state index < -0.39 is 0 Å². The number of pyridine rings is 1. The Hall–Kier alpha value is -2.94. The second-order valence-electron chi connectivity index (χ2n) is 7.37. The highest BCUT2D eigenvalue weighted by molar-refractivity contribution is 9.10. The molecule has 0 aliphatic carbocycles. The highest BCUT2D eigenvalue weighted by Crippen LogP contribution is 2.34. The molecule has 4 rings (SSSR count). The van der Waals surface area contributed by atoms with Crippen molar-refractivity contribution in [3.63, 3.8) is 0 Å². The first-order chi connectivity index (χ1) is 14.3. The summed E-state index contributed by atoms with van der Waals surface area (Å²) in [5.74, 6) is -0.266. The van der Waals surface area contributed by atoms with E-state index in [4.69, 9.17) is 0 Å². The van der Waals surface area contributed by atoms with Gasteiger partial charge in [0, 0.05) is 38.3 Å². The number of urea groups is 1. The Morgan fingerprint density at radius 1 is 1.27 bits per heavy atom. The number of nitrogens with one attached hydrogen (secondary N) is 1. The number of likely N-dealkylation sites (N-methyl/N-ethyl adjacent to an activating group) is 1. The summed E-state index contributed by atoms with van der Waals surface area (Å²) in [5, 5.41) is 8.20. The maximum absolute atomic E-state index is 13.1. The molecule has 1 saturated heterocycles. The van der Waals surface area contributed by atoms with Gasteiger partial charge in [-0.3, -0.25) is 19.4 Å². The van der Waals surface area contributed by atoms with Crippen molar-refractivity contribution in [3.05, 3.63) is 45.8 Å². The Labute approximate surface area is 183 Å². The van der Waals surface area contributed by atoms with Crippen LogP contribution in [-0.2, 0) is 6.54 Å². The van der Waals surface area contributed by atoms with Gasteiger partial charge in [0.05, 0.1) is 27.1 Å². The molecular weight excluding hydrogens is 448 g/mol. The predicted octanol–water partition coefficient (Wildman–Crippen LogP) is 3.95. The second-order valence-corrected chi connectivity index (χ2v) is 8.16. The summed E-state index contributed by atoms with van der Waals surface area (Å²) in [6, 6.07) is 5.58. The molecule has 0 unspecified atom stereocenters. The van der Waals surface area contributed by atoms with Crippen LogP contribution in [0.5, 0.6) is 0 Å². The SMILES string of the molecule is CCn1nc(C)c(Br)c1C(=O)Nc1cccc2c(N3CCN(C)C3=O)c(C)cnc12.